The molecule has 5 nitrogen and oxygen atoms in total. The van der Waals surface area contributed by atoms with E-state index in [1.165, 1.54) is 0 Å². The molecular weight excluding hydrogens is 248 g/mol. The number of aliphatic hydroxyl groups excluding tert-OH is 1. The summed E-state index contributed by atoms with van der Waals surface area (Å²) >= 11 is 2.00. The van der Waals surface area contributed by atoms with Gasteiger partial charge in [0, 0.05) is 36.3 Å². The summed E-state index contributed by atoms with van der Waals surface area (Å²) in [5.41, 5.74) is 6.23. The van der Waals surface area contributed by atoms with Gasteiger partial charge in [0.15, 0.2) is 0 Å². The predicted molar refractivity (Wildman–Crippen MR) is 75.6 cm³/mol. The Morgan fingerprint density at radius 1 is 1.56 bits per heavy atom. The monoisotopic (exact) mass is 270 g/mol. The highest BCUT2D eigenvalue weighted by Crippen LogP contribution is 2.29. The molecule has 0 amide bonds. The highest BCUT2D eigenvalue weighted by molar-refractivity contribution is 8.00. The second kappa shape index (κ2) is 5.50. The Hall–Kier alpha value is -0.720. The van der Waals surface area contributed by atoms with Crippen LogP contribution in [0, 0.1) is 0 Å². The molecule has 3 N–H and O–H groups in total. The third kappa shape index (κ3) is 3.90. The van der Waals surface area contributed by atoms with Crippen LogP contribution in [0.3, 0.4) is 0 Å². The fourth-order valence-electron chi connectivity index (χ4n) is 2.32. The van der Waals surface area contributed by atoms with E-state index in [0.29, 0.717) is 18.8 Å². The molecule has 1 aromatic heterocycles. The number of hydrogen-bond acceptors (Lipinski definition) is 5. The summed E-state index contributed by atoms with van der Waals surface area (Å²) in [7, 11) is 0. The van der Waals surface area contributed by atoms with Gasteiger partial charge in [0.25, 0.3) is 0 Å². The van der Waals surface area contributed by atoms with Crippen LogP contribution in [-0.2, 0) is 6.54 Å². The number of hydrogen-bond donors (Lipinski definition) is 2. The first-order chi connectivity index (χ1) is 8.44. The van der Waals surface area contributed by atoms with Gasteiger partial charge in [-0.3, -0.25) is 9.58 Å². The van der Waals surface area contributed by atoms with E-state index in [4.69, 9.17) is 5.73 Å². The van der Waals surface area contributed by atoms with Gasteiger partial charge < -0.3 is 10.8 Å². The zero-order valence-electron chi connectivity index (χ0n) is 11.0. The Bertz CT molecular complexity index is 393. The summed E-state index contributed by atoms with van der Waals surface area (Å²) in [6, 6.07) is 0. The third-order valence-corrected chi connectivity index (χ3v) is 4.32. The maximum absolute atomic E-state index is 10.1. The number of thioether (sulfide) groups is 1. The summed E-state index contributed by atoms with van der Waals surface area (Å²) in [5, 5.41) is 14.2. The van der Waals surface area contributed by atoms with Crippen LogP contribution in [0.15, 0.2) is 12.4 Å². The molecule has 0 aliphatic carbocycles. The Balaban J connectivity index is 1.82. The summed E-state index contributed by atoms with van der Waals surface area (Å²) < 4.78 is 1.98. The number of aromatic nitrogens is 2. The zero-order chi connectivity index (χ0) is 13.2. The SMILES string of the molecule is CC1(C)CN(CC(O)Cn2cc(N)cn2)CCS1. The quantitative estimate of drug-likeness (QED) is 0.841. The first-order valence-electron chi connectivity index (χ1n) is 6.27. The first-order valence-corrected chi connectivity index (χ1v) is 7.25. The highest BCUT2D eigenvalue weighted by Gasteiger charge is 2.27. The van der Waals surface area contributed by atoms with Gasteiger partial charge in [0.1, 0.15) is 0 Å². The van der Waals surface area contributed by atoms with Crippen molar-refractivity contribution in [3.63, 3.8) is 0 Å². The van der Waals surface area contributed by atoms with Gasteiger partial charge in [0.05, 0.1) is 24.5 Å². The normalized spacial score (nSPS) is 21.9. The fourth-order valence-corrected chi connectivity index (χ4v) is 3.50. The molecule has 0 spiro atoms. The average Bonchev–Trinajstić information content (AvgIpc) is 2.62. The van der Waals surface area contributed by atoms with Crippen LogP contribution in [0.25, 0.3) is 0 Å². The van der Waals surface area contributed by atoms with Gasteiger partial charge in [-0.1, -0.05) is 0 Å². The van der Waals surface area contributed by atoms with Crippen LogP contribution in [0.4, 0.5) is 5.69 Å². The van der Waals surface area contributed by atoms with Crippen molar-refractivity contribution < 1.29 is 5.11 Å². The van der Waals surface area contributed by atoms with Crippen molar-refractivity contribution in [1.29, 1.82) is 0 Å². The lowest BCUT2D eigenvalue weighted by molar-refractivity contribution is 0.0927. The van der Waals surface area contributed by atoms with Crippen molar-refractivity contribution in [3.8, 4) is 0 Å². The predicted octanol–water partition coefficient (Wildman–Crippen LogP) is 0.654. The van der Waals surface area contributed by atoms with Crippen LogP contribution in [0.1, 0.15) is 13.8 Å². The number of nitrogen functional groups attached to an aromatic ring is 1. The van der Waals surface area contributed by atoms with E-state index in [9.17, 15) is 5.11 Å². The zero-order valence-corrected chi connectivity index (χ0v) is 11.9. The van der Waals surface area contributed by atoms with Gasteiger partial charge in [-0.05, 0) is 13.8 Å². The number of β-amino-alcohol motifs (C(OH)–C–C–N with tert-alkyl or cyclic N) is 1. The molecule has 0 radical (unpaired) electrons. The van der Waals surface area contributed by atoms with E-state index in [1.807, 2.05) is 11.8 Å². The van der Waals surface area contributed by atoms with E-state index in [1.54, 1.807) is 17.1 Å². The van der Waals surface area contributed by atoms with Gasteiger partial charge in [-0.2, -0.15) is 16.9 Å². The molecule has 0 saturated carbocycles. The summed E-state index contributed by atoms with van der Waals surface area (Å²) in [6.07, 6.45) is 2.95. The van der Waals surface area contributed by atoms with Crippen molar-refractivity contribution in [3.05, 3.63) is 12.4 Å². The Morgan fingerprint density at radius 3 is 2.94 bits per heavy atom. The van der Waals surface area contributed by atoms with E-state index in [0.717, 1.165) is 18.8 Å². The minimum absolute atomic E-state index is 0.286. The molecule has 1 aliphatic rings. The molecular formula is C12H22N4OS. The summed E-state index contributed by atoms with van der Waals surface area (Å²) in [6.45, 7) is 7.78. The second-order valence-corrected chi connectivity index (χ2v) is 7.29. The fraction of sp³-hybridized carbons (Fsp3) is 0.750. The van der Waals surface area contributed by atoms with Gasteiger partial charge >= 0.3 is 0 Å². The molecule has 102 valence electrons. The van der Waals surface area contributed by atoms with E-state index in [2.05, 4.69) is 23.8 Å². The molecule has 1 atom stereocenters. The van der Waals surface area contributed by atoms with Crippen LogP contribution in [-0.4, -0.2) is 56.0 Å². The molecule has 2 rings (SSSR count). The second-order valence-electron chi connectivity index (χ2n) is 5.49. The lowest BCUT2D eigenvalue weighted by Crippen LogP contribution is -2.46. The van der Waals surface area contributed by atoms with Crippen LogP contribution in [0.2, 0.25) is 0 Å². The maximum Gasteiger partial charge on any atom is 0.0862 e. The Kier molecular flexibility index (Phi) is 4.19. The average molecular weight is 270 g/mol. The molecule has 0 bridgehead atoms. The largest absolute Gasteiger partial charge is 0.396 e. The number of anilines is 1. The highest BCUT2D eigenvalue weighted by atomic mass is 32.2. The lowest BCUT2D eigenvalue weighted by Gasteiger charge is -2.38. The number of nitrogens with zero attached hydrogens (tertiary/aromatic N) is 3. The molecule has 18 heavy (non-hydrogen) atoms. The molecule has 1 aromatic rings. The molecule has 1 fully saturated rings. The number of rotatable bonds is 4. The Morgan fingerprint density at radius 2 is 2.33 bits per heavy atom. The third-order valence-electron chi connectivity index (χ3n) is 3.02. The van der Waals surface area contributed by atoms with Gasteiger partial charge in [-0.25, -0.2) is 0 Å². The van der Waals surface area contributed by atoms with E-state index < -0.39 is 6.10 Å². The maximum atomic E-state index is 10.1. The van der Waals surface area contributed by atoms with Crippen LogP contribution >= 0.6 is 11.8 Å². The molecule has 1 aliphatic heterocycles. The smallest absolute Gasteiger partial charge is 0.0862 e. The van der Waals surface area contributed by atoms with Crippen molar-refractivity contribution in [2.45, 2.75) is 31.2 Å². The molecule has 2 heterocycles. The summed E-state index contributed by atoms with van der Waals surface area (Å²) in [4.78, 5) is 2.33. The minimum Gasteiger partial charge on any atom is -0.396 e. The standard InChI is InChI=1S/C12H22N4OS/c1-12(2)9-15(3-4-18-12)7-11(17)8-16-6-10(13)5-14-16/h5-6,11,17H,3-4,7-9,13H2,1-2H3. The minimum atomic E-state index is -0.400. The lowest BCUT2D eigenvalue weighted by atomic mass is 10.1. The van der Waals surface area contributed by atoms with Crippen molar-refractivity contribution in [2.24, 2.45) is 0 Å². The number of aliphatic hydroxyl groups is 1. The Labute approximate surface area is 112 Å². The van der Waals surface area contributed by atoms with Crippen LogP contribution < -0.4 is 5.73 Å². The van der Waals surface area contributed by atoms with Gasteiger partial charge in [0.2, 0.25) is 0 Å². The molecule has 1 saturated heterocycles. The molecule has 0 aromatic carbocycles. The van der Waals surface area contributed by atoms with E-state index in [-0.39, 0.29) is 4.75 Å². The first kappa shape index (κ1) is 13.7. The summed E-state index contributed by atoms with van der Waals surface area (Å²) in [5.74, 6) is 1.13. The number of nitrogens with two attached hydrogens (primary N) is 1. The van der Waals surface area contributed by atoms with Crippen molar-refractivity contribution >= 4 is 17.4 Å². The van der Waals surface area contributed by atoms with Crippen LogP contribution in [0.5, 0.6) is 0 Å². The van der Waals surface area contributed by atoms with Gasteiger partial charge in [-0.15, -0.1) is 0 Å². The van der Waals surface area contributed by atoms with Crippen molar-refractivity contribution in [1.82, 2.24) is 14.7 Å². The topological polar surface area (TPSA) is 67.3 Å². The molecule has 1 unspecified atom stereocenters. The molecule has 6 heteroatoms. The van der Waals surface area contributed by atoms with Crippen molar-refractivity contribution in [2.75, 3.05) is 31.1 Å². The van der Waals surface area contributed by atoms with E-state index >= 15 is 0 Å².